The molecular weight excluding hydrogens is 391 g/mol. The smallest absolute Gasteiger partial charge is 0.274 e. The average Bonchev–Trinajstić information content (AvgIpc) is 3.35. The van der Waals surface area contributed by atoms with Gasteiger partial charge in [-0.25, -0.2) is 9.37 Å². The number of hydrogen-bond acceptors (Lipinski definition) is 4. The number of rotatable bonds is 5. The second kappa shape index (κ2) is 8.08. The number of carbonyl (C=O) groups is 2. The van der Waals surface area contributed by atoms with Crippen molar-refractivity contribution in [2.24, 2.45) is 0 Å². The van der Waals surface area contributed by atoms with Crippen LogP contribution in [0.1, 0.15) is 23.3 Å². The predicted octanol–water partition coefficient (Wildman–Crippen LogP) is 4.11. The first-order valence-electron chi connectivity index (χ1n) is 9.16. The number of carbonyl (C=O) groups excluding carboxylic acids is 2. The fourth-order valence-corrected chi connectivity index (χ4v) is 3.89. The van der Waals surface area contributed by atoms with E-state index in [4.69, 9.17) is 0 Å². The number of aromatic nitrogens is 2. The van der Waals surface area contributed by atoms with Crippen LogP contribution in [-0.4, -0.2) is 34.2 Å². The van der Waals surface area contributed by atoms with E-state index in [0.717, 1.165) is 12.1 Å². The first-order chi connectivity index (χ1) is 14.1. The SMILES string of the molecule is CSc1ncc(C(=O)Nc2cccc(N3CCCC3=O)c2)n1-c1ccc(F)cc1. The van der Waals surface area contributed by atoms with Crippen molar-refractivity contribution in [3.8, 4) is 5.69 Å². The molecule has 0 bridgehead atoms. The van der Waals surface area contributed by atoms with Crippen LogP contribution < -0.4 is 10.2 Å². The molecule has 3 aromatic rings. The summed E-state index contributed by atoms with van der Waals surface area (Å²) >= 11 is 1.39. The van der Waals surface area contributed by atoms with Crippen LogP contribution in [0.5, 0.6) is 0 Å². The Morgan fingerprint density at radius 3 is 2.66 bits per heavy atom. The zero-order valence-corrected chi connectivity index (χ0v) is 16.6. The van der Waals surface area contributed by atoms with Crippen LogP contribution in [-0.2, 0) is 4.79 Å². The van der Waals surface area contributed by atoms with Gasteiger partial charge in [-0.2, -0.15) is 0 Å². The molecule has 2 aromatic carbocycles. The fourth-order valence-electron chi connectivity index (χ4n) is 3.35. The van der Waals surface area contributed by atoms with E-state index in [-0.39, 0.29) is 17.6 Å². The third-order valence-corrected chi connectivity index (χ3v) is 5.37. The molecule has 4 rings (SSSR count). The highest BCUT2D eigenvalue weighted by molar-refractivity contribution is 7.98. The van der Waals surface area contributed by atoms with Gasteiger partial charge in [0, 0.05) is 30.0 Å². The Balaban J connectivity index is 1.62. The third kappa shape index (κ3) is 3.88. The molecule has 2 heterocycles. The van der Waals surface area contributed by atoms with Crippen molar-refractivity contribution in [2.45, 2.75) is 18.0 Å². The molecule has 148 valence electrons. The lowest BCUT2D eigenvalue weighted by atomic mass is 10.2. The molecule has 6 nitrogen and oxygen atoms in total. The van der Waals surface area contributed by atoms with E-state index in [0.29, 0.717) is 35.2 Å². The second-order valence-electron chi connectivity index (χ2n) is 6.60. The number of imidazole rings is 1. The quantitative estimate of drug-likeness (QED) is 0.643. The Morgan fingerprint density at radius 2 is 1.97 bits per heavy atom. The fraction of sp³-hybridized carbons (Fsp3) is 0.190. The van der Waals surface area contributed by atoms with E-state index >= 15 is 0 Å². The first kappa shape index (κ1) is 19.2. The zero-order valence-electron chi connectivity index (χ0n) is 15.8. The van der Waals surface area contributed by atoms with E-state index < -0.39 is 0 Å². The van der Waals surface area contributed by atoms with Crippen molar-refractivity contribution >= 4 is 35.0 Å². The van der Waals surface area contributed by atoms with Gasteiger partial charge in [0.1, 0.15) is 11.5 Å². The highest BCUT2D eigenvalue weighted by Gasteiger charge is 2.22. The molecule has 0 unspecified atom stereocenters. The second-order valence-corrected chi connectivity index (χ2v) is 7.37. The van der Waals surface area contributed by atoms with Crippen molar-refractivity contribution in [3.05, 3.63) is 66.2 Å². The highest BCUT2D eigenvalue weighted by Crippen LogP contribution is 2.26. The summed E-state index contributed by atoms with van der Waals surface area (Å²) in [6, 6.07) is 13.1. The molecule has 1 saturated heterocycles. The number of anilines is 2. The number of nitrogens with one attached hydrogen (secondary N) is 1. The lowest BCUT2D eigenvalue weighted by molar-refractivity contribution is -0.117. The van der Waals surface area contributed by atoms with Gasteiger partial charge in [0.05, 0.1) is 6.20 Å². The molecule has 0 saturated carbocycles. The summed E-state index contributed by atoms with van der Waals surface area (Å²) in [5.74, 6) is -0.599. The lowest BCUT2D eigenvalue weighted by Crippen LogP contribution is -2.24. The molecule has 2 amide bonds. The maximum atomic E-state index is 13.3. The van der Waals surface area contributed by atoms with Gasteiger partial charge in [-0.15, -0.1) is 0 Å². The van der Waals surface area contributed by atoms with Gasteiger partial charge in [0.2, 0.25) is 5.91 Å². The van der Waals surface area contributed by atoms with E-state index in [1.807, 2.05) is 12.3 Å². The van der Waals surface area contributed by atoms with Gasteiger partial charge < -0.3 is 10.2 Å². The van der Waals surface area contributed by atoms with Crippen LogP contribution in [0.2, 0.25) is 0 Å². The Morgan fingerprint density at radius 1 is 1.17 bits per heavy atom. The molecule has 1 N–H and O–H groups in total. The first-order valence-corrected chi connectivity index (χ1v) is 10.4. The largest absolute Gasteiger partial charge is 0.321 e. The Bertz CT molecular complexity index is 1060. The summed E-state index contributed by atoms with van der Waals surface area (Å²) < 4.78 is 15.0. The van der Waals surface area contributed by atoms with Crippen molar-refractivity contribution in [2.75, 3.05) is 23.0 Å². The topological polar surface area (TPSA) is 67.2 Å². The number of halogens is 1. The van der Waals surface area contributed by atoms with E-state index in [2.05, 4.69) is 10.3 Å². The standard InChI is InChI=1S/C21H19FN4O2S/c1-29-21-23-13-18(26(21)16-9-7-14(22)8-10-16)20(28)24-15-4-2-5-17(12-15)25-11-3-6-19(25)27/h2,4-5,7-10,12-13H,3,6,11H2,1H3,(H,24,28). The minimum absolute atomic E-state index is 0.0903. The number of amides is 2. The molecule has 1 aliphatic rings. The van der Waals surface area contributed by atoms with Crippen LogP contribution in [0.4, 0.5) is 15.8 Å². The summed E-state index contributed by atoms with van der Waals surface area (Å²) in [4.78, 5) is 31.0. The molecular formula is C21H19FN4O2S. The number of nitrogens with zero attached hydrogens (tertiary/aromatic N) is 3. The molecule has 0 spiro atoms. The van der Waals surface area contributed by atoms with Crippen LogP contribution >= 0.6 is 11.8 Å². The van der Waals surface area contributed by atoms with E-state index in [9.17, 15) is 14.0 Å². The zero-order chi connectivity index (χ0) is 20.4. The van der Waals surface area contributed by atoms with Gasteiger partial charge in [0.25, 0.3) is 5.91 Å². The third-order valence-electron chi connectivity index (χ3n) is 4.72. The molecule has 29 heavy (non-hydrogen) atoms. The molecule has 1 aliphatic heterocycles. The monoisotopic (exact) mass is 410 g/mol. The van der Waals surface area contributed by atoms with Crippen LogP contribution in [0.15, 0.2) is 59.9 Å². The highest BCUT2D eigenvalue weighted by atomic mass is 32.2. The molecule has 0 atom stereocenters. The predicted molar refractivity (Wildman–Crippen MR) is 111 cm³/mol. The average molecular weight is 410 g/mol. The number of thioether (sulfide) groups is 1. The summed E-state index contributed by atoms with van der Waals surface area (Å²) in [6.07, 6.45) is 4.74. The summed E-state index contributed by atoms with van der Waals surface area (Å²) in [7, 11) is 0. The van der Waals surface area contributed by atoms with E-state index in [1.54, 1.807) is 39.8 Å². The molecule has 0 aliphatic carbocycles. The van der Waals surface area contributed by atoms with Crippen molar-refractivity contribution in [1.29, 1.82) is 0 Å². The molecule has 1 fully saturated rings. The van der Waals surface area contributed by atoms with Crippen molar-refractivity contribution in [3.63, 3.8) is 0 Å². The Hall–Kier alpha value is -3.13. The normalized spacial score (nSPS) is 13.7. The van der Waals surface area contributed by atoms with Crippen molar-refractivity contribution in [1.82, 2.24) is 9.55 Å². The maximum Gasteiger partial charge on any atom is 0.274 e. The van der Waals surface area contributed by atoms with Crippen LogP contribution in [0.25, 0.3) is 5.69 Å². The van der Waals surface area contributed by atoms with Gasteiger partial charge in [-0.1, -0.05) is 17.8 Å². The maximum absolute atomic E-state index is 13.3. The molecule has 0 radical (unpaired) electrons. The van der Waals surface area contributed by atoms with Crippen LogP contribution in [0.3, 0.4) is 0 Å². The van der Waals surface area contributed by atoms with Crippen LogP contribution in [0, 0.1) is 5.82 Å². The number of benzene rings is 2. The summed E-state index contributed by atoms with van der Waals surface area (Å²) in [6.45, 7) is 0.685. The lowest BCUT2D eigenvalue weighted by Gasteiger charge is -2.17. The van der Waals surface area contributed by atoms with Gasteiger partial charge in [-0.05, 0) is 55.1 Å². The Kier molecular flexibility index (Phi) is 5.35. The van der Waals surface area contributed by atoms with E-state index in [1.165, 1.54) is 30.1 Å². The summed E-state index contributed by atoms with van der Waals surface area (Å²) in [5.41, 5.74) is 2.34. The number of hydrogen-bond donors (Lipinski definition) is 1. The Labute approximate surface area is 171 Å². The molecule has 8 heteroatoms. The van der Waals surface area contributed by atoms with Gasteiger partial charge in [-0.3, -0.25) is 14.2 Å². The summed E-state index contributed by atoms with van der Waals surface area (Å²) in [5, 5.41) is 3.50. The molecule has 1 aromatic heterocycles. The minimum atomic E-state index is -0.348. The van der Waals surface area contributed by atoms with Crippen molar-refractivity contribution < 1.29 is 14.0 Å². The van der Waals surface area contributed by atoms with Gasteiger partial charge in [0.15, 0.2) is 5.16 Å². The van der Waals surface area contributed by atoms with Gasteiger partial charge >= 0.3 is 0 Å². The minimum Gasteiger partial charge on any atom is -0.321 e.